The van der Waals surface area contributed by atoms with Crippen molar-refractivity contribution in [1.29, 1.82) is 0 Å². The monoisotopic (exact) mass is 359 g/mol. The molecule has 3 amide bonds. The number of amides is 3. The molecule has 0 radical (unpaired) electrons. The molecule has 25 heavy (non-hydrogen) atoms. The Morgan fingerprint density at radius 2 is 1.80 bits per heavy atom. The predicted octanol–water partition coefficient (Wildman–Crippen LogP) is -0.272. The number of rotatable bonds is 7. The molecule has 0 spiro atoms. The molecule has 0 bridgehead atoms. The van der Waals surface area contributed by atoms with E-state index in [-0.39, 0.29) is 11.3 Å². The summed E-state index contributed by atoms with van der Waals surface area (Å²) < 4.78 is 33.3. The largest absolute Gasteiger partial charge is 0.454 e. The highest BCUT2D eigenvalue weighted by Gasteiger charge is 2.16. The number of nitrogens with one attached hydrogen (secondary N) is 3. The number of esters is 1. The summed E-state index contributed by atoms with van der Waals surface area (Å²) in [6.45, 7) is -3.23. The van der Waals surface area contributed by atoms with E-state index in [0.29, 0.717) is 0 Å². The summed E-state index contributed by atoms with van der Waals surface area (Å²) in [7, 11) is 0. The SMILES string of the molecule is CC(=O)NNC(=O)COC(=O)CNC(=O)c1ccccc1OC(F)F. The molecule has 0 heterocycles. The number of benzene rings is 1. The Bertz CT molecular complexity index is 653. The molecule has 0 unspecified atom stereocenters. The minimum Gasteiger partial charge on any atom is -0.454 e. The fourth-order valence-electron chi connectivity index (χ4n) is 1.49. The number of para-hydroxylation sites is 1. The van der Waals surface area contributed by atoms with Crippen LogP contribution in [0.15, 0.2) is 24.3 Å². The summed E-state index contributed by atoms with van der Waals surface area (Å²) in [6.07, 6.45) is 0. The molecule has 1 rings (SSSR count). The van der Waals surface area contributed by atoms with Gasteiger partial charge in [0.15, 0.2) is 6.61 Å². The van der Waals surface area contributed by atoms with Crippen LogP contribution in [-0.2, 0) is 19.1 Å². The number of halogens is 2. The van der Waals surface area contributed by atoms with Crippen molar-refractivity contribution < 1.29 is 37.4 Å². The van der Waals surface area contributed by atoms with Gasteiger partial charge in [-0.25, -0.2) is 0 Å². The fraction of sp³-hybridized carbons (Fsp3) is 0.286. The van der Waals surface area contributed by atoms with E-state index in [1.165, 1.54) is 24.3 Å². The lowest BCUT2D eigenvalue weighted by Crippen LogP contribution is -2.43. The van der Waals surface area contributed by atoms with Crippen molar-refractivity contribution in [3.05, 3.63) is 29.8 Å². The highest BCUT2D eigenvalue weighted by molar-refractivity contribution is 5.98. The van der Waals surface area contributed by atoms with Crippen molar-refractivity contribution in [3.8, 4) is 5.75 Å². The van der Waals surface area contributed by atoms with E-state index in [1.54, 1.807) is 0 Å². The summed E-state index contributed by atoms with van der Waals surface area (Å²) in [6, 6.07) is 5.24. The molecule has 3 N–H and O–H groups in total. The van der Waals surface area contributed by atoms with Crippen molar-refractivity contribution in [2.24, 2.45) is 0 Å². The van der Waals surface area contributed by atoms with Gasteiger partial charge in [0.25, 0.3) is 11.8 Å². The van der Waals surface area contributed by atoms with E-state index in [4.69, 9.17) is 0 Å². The number of hydrogen-bond donors (Lipinski definition) is 3. The second kappa shape index (κ2) is 9.80. The number of carbonyl (C=O) groups is 4. The van der Waals surface area contributed by atoms with Gasteiger partial charge < -0.3 is 14.8 Å². The van der Waals surface area contributed by atoms with Gasteiger partial charge in [0, 0.05) is 6.92 Å². The molecule has 0 saturated heterocycles. The molecule has 11 heteroatoms. The van der Waals surface area contributed by atoms with Crippen LogP contribution in [0, 0.1) is 0 Å². The van der Waals surface area contributed by atoms with Crippen molar-refractivity contribution >= 4 is 23.7 Å². The Morgan fingerprint density at radius 3 is 2.44 bits per heavy atom. The minimum atomic E-state index is -3.11. The van der Waals surface area contributed by atoms with Crippen LogP contribution in [0.4, 0.5) is 8.78 Å². The maximum atomic E-state index is 12.3. The average Bonchev–Trinajstić information content (AvgIpc) is 2.55. The lowest BCUT2D eigenvalue weighted by atomic mass is 10.2. The van der Waals surface area contributed by atoms with Crippen LogP contribution in [0.25, 0.3) is 0 Å². The Labute approximate surface area is 140 Å². The van der Waals surface area contributed by atoms with Crippen LogP contribution < -0.4 is 20.9 Å². The number of hydrogen-bond acceptors (Lipinski definition) is 6. The lowest BCUT2D eigenvalue weighted by molar-refractivity contribution is -0.148. The topological polar surface area (TPSA) is 123 Å². The van der Waals surface area contributed by atoms with E-state index in [2.05, 4.69) is 14.8 Å². The highest BCUT2D eigenvalue weighted by Crippen LogP contribution is 2.19. The van der Waals surface area contributed by atoms with Gasteiger partial charge in [0.05, 0.1) is 5.56 Å². The standard InChI is InChI=1S/C14H15F2N3O6/c1-8(20)18-19-11(21)7-24-12(22)6-17-13(23)9-4-2-3-5-10(9)25-14(15)16/h2-5,14H,6-7H2,1H3,(H,17,23)(H,18,20)(H,19,21). The van der Waals surface area contributed by atoms with Crippen molar-refractivity contribution in [2.45, 2.75) is 13.5 Å². The molecule has 0 aliphatic heterocycles. The van der Waals surface area contributed by atoms with E-state index < -0.39 is 43.5 Å². The van der Waals surface area contributed by atoms with E-state index >= 15 is 0 Å². The molecule has 0 atom stereocenters. The molecule has 0 aromatic heterocycles. The Morgan fingerprint density at radius 1 is 1.12 bits per heavy atom. The van der Waals surface area contributed by atoms with Crippen LogP contribution >= 0.6 is 0 Å². The van der Waals surface area contributed by atoms with E-state index in [1.807, 2.05) is 10.9 Å². The number of hydrazine groups is 1. The molecular formula is C14H15F2N3O6. The maximum Gasteiger partial charge on any atom is 0.387 e. The molecule has 1 aromatic rings. The minimum absolute atomic E-state index is 0.195. The molecule has 9 nitrogen and oxygen atoms in total. The fourth-order valence-corrected chi connectivity index (χ4v) is 1.49. The van der Waals surface area contributed by atoms with E-state index in [0.717, 1.165) is 6.92 Å². The van der Waals surface area contributed by atoms with Crippen molar-refractivity contribution in [3.63, 3.8) is 0 Å². The predicted molar refractivity (Wildman–Crippen MR) is 78.3 cm³/mol. The summed E-state index contributed by atoms with van der Waals surface area (Å²) >= 11 is 0. The third-order valence-corrected chi connectivity index (χ3v) is 2.48. The second-order valence-corrected chi connectivity index (χ2v) is 4.45. The molecule has 0 fully saturated rings. The molecular weight excluding hydrogens is 344 g/mol. The quantitative estimate of drug-likeness (QED) is 0.455. The Kier molecular flexibility index (Phi) is 7.76. The third kappa shape index (κ3) is 7.72. The lowest BCUT2D eigenvalue weighted by Gasteiger charge is -2.11. The zero-order valence-electron chi connectivity index (χ0n) is 13.0. The zero-order chi connectivity index (χ0) is 18.8. The van der Waals surface area contributed by atoms with Gasteiger partial charge in [-0.15, -0.1) is 0 Å². The van der Waals surface area contributed by atoms with Gasteiger partial charge in [-0.1, -0.05) is 12.1 Å². The first kappa shape index (κ1) is 19.8. The van der Waals surface area contributed by atoms with Gasteiger partial charge in [-0.05, 0) is 12.1 Å². The van der Waals surface area contributed by atoms with E-state index in [9.17, 15) is 28.0 Å². The van der Waals surface area contributed by atoms with Crippen LogP contribution in [0.1, 0.15) is 17.3 Å². The number of carbonyl (C=O) groups excluding carboxylic acids is 4. The normalized spacial score (nSPS) is 9.92. The summed E-state index contributed by atoms with van der Waals surface area (Å²) in [4.78, 5) is 45.1. The van der Waals surface area contributed by atoms with Crippen molar-refractivity contribution in [1.82, 2.24) is 16.2 Å². The number of ether oxygens (including phenoxy) is 2. The van der Waals surface area contributed by atoms with Gasteiger partial charge in [0.2, 0.25) is 5.91 Å². The highest BCUT2D eigenvalue weighted by atomic mass is 19.3. The average molecular weight is 359 g/mol. The summed E-state index contributed by atoms with van der Waals surface area (Å²) in [5.74, 6) is -3.44. The Hall–Kier alpha value is -3.24. The molecule has 1 aromatic carbocycles. The summed E-state index contributed by atoms with van der Waals surface area (Å²) in [5.41, 5.74) is 3.76. The summed E-state index contributed by atoms with van der Waals surface area (Å²) in [5, 5.41) is 2.15. The second-order valence-electron chi connectivity index (χ2n) is 4.45. The van der Waals surface area contributed by atoms with Crippen molar-refractivity contribution in [2.75, 3.05) is 13.2 Å². The van der Waals surface area contributed by atoms with Crippen LogP contribution in [0.5, 0.6) is 5.75 Å². The van der Waals surface area contributed by atoms with Gasteiger partial charge in [-0.2, -0.15) is 8.78 Å². The molecule has 0 saturated carbocycles. The molecule has 136 valence electrons. The first-order valence-electron chi connectivity index (χ1n) is 6.82. The first-order chi connectivity index (χ1) is 11.8. The molecule has 0 aliphatic carbocycles. The maximum absolute atomic E-state index is 12.3. The van der Waals surface area contributed by atoms with Gasteiger partial charge >= 0.3 is 12.6 Å². The smallest absolute Gasteiger partial charge is 0.387 e. The van der Waals surface area contributed by atoms with Crippen LogP contribution in [-0.4, -0.2) is 43.5 Å². The number of alkyl halides is 2. The third-order valence-electron chi connectivity index (χ3n) is 2.48. The zero-order valence-corrected chi connectivity index (χ0v) is 13.0. The molecule has 0 aliphatic rings. The van der Waals surface area contributed by atoms with Crippen LogP contribution in [0.2, 0.25) is 0 Å². The first-order valence-corrected chi connectivity index (χ1v) is 6.82. The van der Waals surface area contributed by atoms with Gasteiger partial charge in [-0.3, -0.25) is 30.0 Å². The van der Waals surface area contributed by atoms with Gasteiger partial charge in [0.1, 0.15) is 12.3 Å². The Balaban J connectivity index is 2.45. The van der Waals surface area contributed by atoms with Crippen LogP contribution in [0.3, 0.4) is 0 Å².